The molecule has 0 aliphatic carbocycles. The van der Waals surface area contributed by atoms with Gasteiger partial charge in [-0.2, -0.15) is 0 Å². The second-order valence-electron chi connectivity index (χ2n) is 9.11. The van der Waals surface area contributed by atoms with Gasteiger partial charge in [0.1, 0.15) is 17.1 Å². The molecule has 0 saturated heterocycles. The standard InChI is InChI=1S/C27H30N2O4/c1-17-6-8-18(9-7-17)22(16-24(30)31)29-26(32)21-14-15-23(33-5)25(28-21)19-10-12-20(13-11-19)27(2,3)4/h6-15,22H,16H2,1-5H3,(H,29,32)(H,30,31)/t22-/m0/s1. The minimum Gasteiger partial charge on any atom is -0.494 e. The maximum atomic E-state index is 13.0. The van der Waals surface area contributed by atoms with Crippen LogP contribution in [0.25, 0.3) is 11.3 Å². The van der Waals surface area contributed by atoms with Crippen molar-refractivity contribution < 1.29 is 19.4 Å². The number of nitrogens with one attached hydrogen (secondary N) is 1. The fourth-order valence-corrected chi connectivity index (χ4v) is 3.53. The molecule has 0 aliphatic heterocycles. The number of benzene rings is 2. The maximum Gasteiger partial charge on any atom is 0.305 e. The summed E-state index contributed by atoms with van der Waals surface area (Å²) in [6, 6.07) is 18.1. The average Bonchev–Trinajstić information content (AvgIpc) is 2.78. The molecule has 6 nitrogen and oxygen atoms in total. The Kier molecular flexibility index (Phi) is 7.16. The van der Waals surface area contributed by atoms with Crippen molar-refractivity contribution in [3.05, 3.63) is 83.0 Å². The van der Waals surface area contributed by atoms with Crippen molar-refractivity contribution in [1.29, 1.82) is 0 Å². The second-order valence-corrected chi connectivity index (χ2v) is 9.11. The van der Waals surface area contributed by atoms with Gasteiger partial charge in [0.25, 0.3) is 5.91 Å². The fourth-order valence-electron chi connectivity index (χ4n) is 3.53. The zero-order valence-corrected chi connectivity index (χ0v) is 19.7. The lowest BCUT2D eigenvalue weighted by atomic mass is 9.86. The molecule has 3 aromatic rings. The van der Waals surface area contributed by atoms with Crippen molar-refractivity contribution in [1.82, 2.24) is 10.3 Å². The number of nitrogens with zero attached hydrogens (tertiary/aromatic N) is 1. The number of carboxylic acid groups (broad SMARTS) is 1. The Hall–Kier alpha value is -3.67. The highest BCUT2D eigenvalue weighted by atomic mass is 16.5. The Balaban J connectivity index is 1.91. The van der Waals surface area contributed by atoms with Gasteiger partial charge in [0.05, 0.1) is 19.6 Å². The Labute approximate surface area is 194 Å². The van der Waals surface area contributed by atoms with E-state index in [0.717, 1.165) is 16.7 Å². The molecule has 0 unspecified atom stereocenters. The van der Waals surface area contributed by atoms with E-state index in [1.54, 1.807) is 19.2 Å². The Morgan fingerprint density at radius 3 is 2.18 bits per heavy atom. The van der Waals surface area contributed by atoms with Crippen LogP contribution >= 0.6 is 0 Å². The molecule has 1 heterocycles. The van der Waals surface area contributed by atoms with Crippen LogP contribution in [0.3, 0.4) is 0 Å². The van der Waals surface area contributed by atoms with Crippen LogP contribution in [0, 0.1) is 6.92 Å². The summed E-state index contributed by atoms with van der Waals surface area (Å²) in [6.45, 7) is 8.39. The van der Waals surface area contributed by atoms with Gasteiger partial charge in [-0.05, 0) is 35.6 Å². The first kappa shape index (κ1) is 24.0. The van der Waals surface area contributed by atoms with E-state index >= 15 is 0 Å². The van der Waals surface area contributed by atoms with Crippen LogP contribution in [-0.4, -0.2) is 29.1 Å². The van der Waals surface area contributed by atoms with Crippen molar-refractivity contribution in [2.24, 2.45) is 0 Å². The van der Waals surface area contributed by atoms with Crippen molar-refractivity contribution in [3.63, 3.8) is 0 Å². The second kappa shape index (κ2) is 9.86. The Bertz CT molecular complexity index is 1130. The largest absolute Gasteiger partial charge is 0.494 e. The number of hydrogen-bond acceptors (Lipinski definition) is 4. The van der Waals surface area contributed by atoms with Crippen molar-refractivity contribution in [2.45, 2.75) is 45.6 Å². The Morgan fingerprint density at radius 1 is 1.00 bits per heavy atom. The quantitative estimate of drug-likeness (QED) is 0.514. The number of hydrogen-bond donors (Lipinski definition) is 2. The van der Waals surface area contributed by atoms with E-state index in [1.165, 1.54) is 5.56 Å². The van der Waals surface area contributed by atoms with Gasteiger partial charge < -0.3 is 15.2 Å². The number of aliphatic carboxylic acids is 1. The number of ether oxygens (including phenoxy) is 1. The minimum absolute atomic E-state index is 0.0207. The molecule has 2 aromatic carbocycles. The van der Waals surface area contributed by atoms with Crippen LogP contribution in [0.4, 0.5) is 0 Å². The van der Waals surface area contributed by atoms with Crippen LogP contribution in [0.2, 0.25) is 0 Å². The molecule has 33 heavy (non-hydrogen) atoms. The predicted octanol–water partition coefficient (Wildman–Crippen LogP) is 5.31. The third-order valence-corrected chi connectivity index (χ3v) is 5.50. The van der Waals surface area contributed by atoms with E-state index in [9.17, 15) is 14.7 Å². The number of rotatable bonds is 7. The lowest BCUT2D eigenvalue weighted by Crippen LogP contribution is -2.30. The number of aryl methyl sites for hydroxylation is 1. The summed E-state index contributed by atoms with van der Waals surface area (Å²) >= 11 is 0. The topological polar surface area (TPSA) is 88.5 Å². The first-order valence-electron chi connectivity index (χ1n) is 10.8. The minimum atomic E-state index is -0.997. The van der Waals surface area contributed by atoms with E-state index in [2.05, 4.69) is 31.1 Å². The highest BCUT2D eigenvalue weighted by Gasteiger charge is 2.21. The number of amides is 1. The summed E-state index contributed by atoms with van der Waals surface area (Å²) in [5.41, 5.74) is 4.56. The molecule has 172 valence electrons. The smallest absolute Gasteiger partial charge is 0.305 e. The highest BCUT2D eigenvalue weighted by Crippen LogP contribution is 2.31. The number of methoxy groups -OCH3 is 1. The van der Waals surface area contributed by atoms with E-state index in [0.29, 0.717) is 11.4 Å². The Morgan fingerprint density at radius 2 is 1.64 bits per heavy atom. The van der Waals surface area contributed by atoms with Crippen LogP contribution in [0.1, 0.15) is 60.4 Å². The molecule has 0 fully saturated rings. The molecule has 1 amide bonds. The van der Waals surface area contributed by atoms with Crippen molar-refractivity contribution in [2.75, 3.05) is 7.11 Å². The van der Waals surface area contributed by atoms with Gasteiger partial charge in [-0.25, -0.2) is 4.98 Å². The number of carbonyl (C=O) groups is 2. The van der Waals surface area contributed by atoms with Crippen LogP contribution in [0.5, 0.6) is 5.75 Å². The number of pyridine rings is 1. The van der Waals surface area contributed by atoms with Gasteiger partial charge >= 0.3 is 5.97 Å². The van der Waals surface area contributed by atoms with E-state index < -0.39 is 17.9 Å². The summed E-state index contributed by atoms with van der Waals surface area (Å²) in [6.07, 6.45) is -0.230. The molecular weight excluding hydrogens is 416 g/mol. The first-order valence-corrected chi connectivity index (χ1v) is 10.8. The normalized spacial score (nSPS) is 12.2. The third-order valence-electron chi connectivity index (χ3n) is 5.50. The maximum absolute atomic E-state index is 13.0. The summed E-state index contributed by atoms with van der Waals surface area (Å²) in [5.74, 6) is -0.893. The molecule has 0 spiro atoms. The first-order chi connectivity index (χ1) is 15.6. The number of aromatic nitrogens is 1. The van der Waals surface area contributed by atoms with Gasteiger partial charge in [0.15, 0.2) is 0 Å². The van der Waals surface area contributed by atoms with Gasteiger partial charge in [0.2, 0.25) is 0 Å². The zero-order chi connectivity index (χ0) is 24.2. The summed E-state index contributed by atoms with van der Waals surface area (Å²) in [7, 11) is 1.56. The third kappa shape index (κ3) is 5.98. The van der Waals surface area contributed by atoms with Crippen molar-refractivity contribution in [3.8, 4) is 17.0 Å². The van der Waals surface area contributed by atoms with Gasteiger partial charge in [-0.15, -0.1) is 0 Å². The SMILES string of the molecule is COc1ccc(C(=O)N[C@@H](CC(=O)O)c2ccc(C)cc2)nc1-c1ccc(C(C)(C)C)cc1. The average molecular weight is 447 g/mol. The number of carbonyl (C=O) groups excluding carboxylic acids is 1. The highest BCUT2D eigenvalue weighted by molar-refractivity contribution is 5.93. The molecule has 2 N–H and O–H groups in total. The van der Waals surface area contributed by atoms with Crippen LogP contribution in [0.15, 0.2) is 60.7 Å². The lowest BCUT2D eigenvalue weighted by Gasteiger charge is -2.20. The fraction of sp³-hybridized carbons (Fsp3) is 0.296. The lowest BCUT2D eigenvalue weighted by molar-refractivity contribution is -0.137. The summed E-state index contributed by atoms with van der Waals surface area (Å²) in [4.78, 5) is 29.0. The monoisotopic (exact) mass is 446 g/mol. The molecule has 0 radical (unpaired) electrons. The molecular formula is C27H30N2O4. The molecule has 3 rings (SSSR count). The molecule has 1 aromatic heterocycles. The van der Waals surface area contributed by atoms with Gasteiger partial charge in [0, 0.05) is 5.56 Å². The summed E-state index contributed by atoms with van der Waals surface area (Å²) in [5, 5.41) is 12.2. The molecule has 0 bridgehead atoms. The molecule has 0 aliphatic rings. The van der Waals surface area contributed by atoms with Gasteiger partial charge in [-0.3, -0.25) is 9.59 Å². The predicted molar refractivity (Wildman–Crippen MR) is 129 cm³/mol. The zero-order valence-electron chi connectivity index (χ0n) is 19.7. The number of carboxylic acids is 1. The van der Waals surface area contributed by atoms with Crippen molar-refractivity contribution >= 4 is 11.9 Å². The summed E-state index contributed by atoms with van der Waals surface area (Å²) < 4.78 is 5.47. The molecule has 0 saturated carbocycles. The van der Waals surface area contributed by atoms with Crippen LogP contribution < -0.4 is 10.1 Å². The van der Waals surface area contributed by atoms with E-state index in [-0.39, 0.29) is 17.5 Å². The van der Waals surface area contributed by atoms with Gasteiger partial charge in [-0.1, -0.05) is 74.9 Å². The van der Waals surface area contributed by atoms with E-state index in [4.69, 9.17) is 4.74 Å². The molecule has 6 heteroatoms. The van der Waals surface area contributed by atoms with Crippen LogP contribution in [-0.2, 0) is 10.2 Å². The molecule has 1 atom stereocenters. The van der Waals surface area contributed by atoms with E-state index in [1.807, 2.05) is 55.5 Å².